The molecule has 0 spiro atoms. The lowest BCUT2D eigenvalue weighted by molar-refractivity contribution is -0.143. The van der Waals surface area contributed by atoms with Gasteiger partial charge in [0.05, 0.1) is 18.4 Å². The zero-order valence-electron chi connectivity index (χ0n) is 18.9. The van der Waals surface area contributed by atoms with Crippen LogP contribution in [0.2, 0.25) is 0 Å². The number of rotatable bonds is 10. The number of cyclic esters (lactones) is 1. The number of fused-ring (bicyclic) bond motifs is 1. The summed E-state index contributed by atoms with van der Waals surface area (Å²) in [6.07, 6.45) is 3.65. The van der Waals surface area contributed by atoms with Crippen LogP contribution in [-0.4, -0.2) is 63.9 Å². The van der Waals surface area contributed by atoms with Gasteiger partial charge in [-0.15, -0.1) is 0 Å². The summed E-state index contributed by atoms with van der Waals surface area (Å²) in [5, 5.41) is 6.41. The number of allylic oxidation sites excluding steroid dienone is 2. The summed E-state index contributed by atoms with van der Waals surface area (Å²) in [7, 11) is 3.43. The summed E-state index contributed by atoms with van der Waals surface area (Å²) in [6.45, 7) is 8.27. The second-order valence-electron chi connectivity index (χ2n) is 7.94. The Balaban J connectivity index is 1.60. The predicted octanol–water partition coefficient (Wildman–Crippen LogP) is 2.39. The van der Waals surface area contributed by atoms with Gasteiger partial charge in [0, 0.05) is 50.9 Å². The van der Waals surface area contributed by atoms with Crippen LogP contribution in [0, 0.1) is 6.92 Å². The van der Waals surface area contributed by atoms with Crippen LogP contribution in [0.1, 0.15) is 46.8 Å². The molecule has 2 heterocycles. The maximum Gasteiger partial charge on any atom is 0.341 e. The first-order valence-electron chi connectivity index (χ1n) is 10.8. The minimum Gasteiger partial charge on any atom is -0.496 e. The number of benzene rings is 1. The molecule has 0 amide bonds. The Morgan fingerprint density at radius 2 is 2.16 bits per heavy atom. The van der Waals surface area contributed by atoms with Crippen molar-refractivity contribution in [3.8, 4) is 5.75 Å². The second kappa shape index (κ2) is 10.6. The van der Waals surface area contributed by atoms with E-state index in [1.54, 1.807) is 14.2 Å². The van der Waals surface area contributed by atoms with E-state index in [1.165, 1.54) is 0 Å². The smallest absolute Gasteiger partial charge is 0.341 e. The molecule has 0 aromatic heterocycles. The molecule has 1 aromatic carbocycles. The Hall–Kier alpha value is -2.58. The molecule has 2 N–H and O–H groups in total. The lowest BCUT2D eigenvalue weighted by Crippen LogP contribution is -2.27. The number of nitrogens with zero attached hydrogens (tertiary/aromatic N) is 1. The zero-order valence-corrected chi connectivity index (χ0v) is 18.9. The largest absolute Gasteiger partial charge is 0.496 e. The van der Waals surface area contributed by atoms with Crippen LogP contribution < -0.4 is 15.4 Å². The van der Waals surface area contributed by atoms with Crippen molar-refractivity contribution in [2.24, 2.45) is 0 Å². The maximum absolute atomic E-state index is 12.3. The first-order chi connectivity index (χ1) is 15.0. The fraction of sp³-hybridized carbons (Fsp3) is 0.565. The highest BCUT2D eigenvalue weighted by Crippen LogP contribution is 2.41. The molecular formula is C23H33N3O5. The van der Waals surface area contributed by atoms with Crippen LogP contribution >= 0.6 is 0 Å². The van der Waals surface area contributed by atoms with Crippen molar-refractivity contribution in [3.05, 3.63) is 33.9 Å². The molecule has 1 fully saturated rings. The highest BCUT2D eigenvalue weighted by atomic mass is 16.5. The third-order valence-corrected chi connectivity index (χ3v) is 5.92. The fourth-order valence-corrected chi connectivity index (χ4v) is 4.11. The van der Waals surface area contributed by atoms with Gasteiger partial charge < -0.3 is 24.8 Å². The van der Waals surface area contributed by atoms with Crippen molar-refractivity contribution < 1.29 is 23.8 Å². The third kappa shape index (κ3) is 5.37. The monoisotopic (exact) mass is 431 g/mol. The molecular weight excluding hydrogens is 398 g/mol. The molecule has 3 rings (SSSR count). The van der Waals surface area contributed by atoms with Crippen molar-refractivity contribution in [1.82, 2.24) is 10.2 Å². The van der Waals surface area contributed by atoms with Gasteiger partial charge in [0.15, 0.2) is 0 Å². The summed E-state index contributed by atoms with van der Waals surface area (Å²) in [5.41, 5.74) is 5.16. The number of carbonyl (C=O) groups is 2. The van der Waals surface area contributed by atoms with Gasteiger partial charge in [-0.25, -0.2) is 4.79 Å². The van der Waals surface area contributed by atoms with E-state index in [0.29, 0.717) is 31.4 Å². The zero-order chi connectivity index (χ0) is 22.4. The molecule has 2 aliphatic heterocycles. The summed E-state index contributed by atoms with van der Waals surface area (Å²) >= 11 is 0. The standard InChI is InChI=1S/C23H33N3O5/c1-15(6-8-19(27)30-12-11-26-10-9-25-14-26)5-7-17-21(24-3)20-18(13-31-23(20)28)16(2)22(17)29-4/h5,24-25H,6-14H2,1-4H3. The van der Waals surface area contributed by atoms with Crippen LogP contribution in [-0.2, 0) is 27.3 Å². The molecule has 2 aliphatic rings. The van der Waals surface area contributed by atoms with Gasteiger partial charge in [0.1, 0.15) is 19.0 Å². The van der Waals surface area contributed by atoms with Gasteiger partial charge in [-0.3, -0.25) is 9.69 Å². The quantitative estimate of drug-likeness (QED) is 0.431. The SMILES string of the molecule is CNc1c(CC=C(C)CCC(=O)OCCN2CCNC2)c(OC)c(C)c2c1C(=O)OC2. The Kier molecular flexibility index (Phi) is 7.92. The normalized spacial score (nSPS) is 16.3. The number of hydrogen-bond donors (Lipinski definition) is 2. The number of hydrogen-bond acceptors (Lipinski definition) is 8. The Bertz CT molecular complexity index is 860. The van der Waals surface area contributed by atoms with E-state index in [-0.39, 0.29) is 18.5 Å². The molecule has 0 bridgehead atoms. The van der Waals surface area contributed by atoms with Crippen LogP contribution in [0.15, 0.2) is 11.6 Å². The highest BCUT2D eigenvalue weighted by Gasteiger charge is 2.31. The van der Waals surface area contributed by atoms with Crippen molar-refractivity contribution in [2.75, 3.05) is 52.4 Å². The van der Waals surface area contributed by atoms with Crippen LogP contribution in [0.4, 0.5) is 5.69 Å². The maximum atomic E-state index is 12.3. The van der Waals surface area contributed by atoms with E-state index in [1.807, 2.05) is 13.8 Å². The highest BCUT2D eigenvalue weighted by molar-refractivity contribution is 6.01. The molecule has 1 saturated heterocycles. The molecule has 0 saturated carbocycles. The van der Waals surface area contributed by atoms with E-state index < -0.39 is 0 Å². The van der Waals surface area contributed by atoms with Gasteiger partial charge in [0.2, 0.25) is 0 Å². The minimum absolute atomic E-state index is 0.176. The number of carbonyl (C=O) groups excluding carboxylic acids is 2. The molecule has 0 aliphatic carbocycles. The Morgan fingerprint density at radius 1 is 1.35 bits per heavy atom. The van der Waals surface area contributed by atoms with Crippen molar-refractivity contribution in [2.45, 2.75) is 39.7 Å². The molecule has 0 radical (unpaired) electrons. The van der Waals surface area contributed by atoms with Crippen LogP contribution in [0.5, 0.6) is 5.75 Å². The van der Waals surface area contributed by atoms with Gasteiger partial charge in [-0.1, -0.05) is 11.6 Å². The van der Waals surface area contributed by atoms with Gasteiger partial charge in [0.25, 0.3) is 0 Å². The van der Waals surface area contributed by atoms with E-state index in [0.717, 1.165) is 60.0 Å². The topological polar surface area (TPSA) is 89.1 Å². The molecule has 170 valence electrons. The number of anilines is 1. The lowest BCUT2D eigenvalue weighted by Gasteiger charge is -2.19. The molecule has 1 aromatic rings. The summed E-state index contributed by atoms with van der Waals surface area (Å²) in [6, 6.07) is 0. The Labute approximate surface area is 183 Å². The second-order valence-corrected chi connectivity index (χ2v) is 7.94. The van der Waals surface area contributed by atoms with E-state index in [4.69, 9.17) is 14.2 Å². The first kappa shape index (κ1) is 23.1. The Morgan fingerprint density at radius 3 is 2.84 bits per heavy atom. The lowest BCUT2D eigenvalue weighted by atomic mass is 9.93. The molecule has 31 heavy (non-hydrogen) atoms. The van der Waals surface area contributed by atoms with Crippen LogP contribution in [0.3, 0.4) is 0 Å². The third-order valence-electron chi connectivity index (χ3n) is 5.92. The number of nitrogens with one attached hydrogen (secondary N) is 2. The van der Waals surface area contributed by atoms with Gasteiger partial charge >= 0.3 is 11.9 Å². The van der Waals surface area contributed by atoms with Gasteiger partial charge in [-0.05, 0) is 32.3 Å². The molecule has 0 unspecified atom stereocenters. The number of esters is 2. The average Bonchev–Trinajstić information content (AvgIpc) is 3.41. The van der Waals surface area contributed by atoms with E-state index in [9.17, 15) is 9.59 Å². The molecule has 0 atom stereocenters. The predicted molar refractivity (Wildman–Crippen MR) is 118 cm³/mol. The number of ether oxygens (including phenoxy) is 3. The van der Waals surface area contributed by atoms with Crippen molar-refractivity contribution in [3.63, 3.8) is 0 Å². The summed E-state index contributed by atoms with van der Waals surface area (Å²) < 4.78 is 16.3. The minimum atomic E-state index is -0.306. The van der Waals surface area contributed by atoms with Crippen molar-refractivity contribution >= 4 is 17.6 Å². The molecule has 8 heteroatoms. The summed E-state index contributed by atoms with van der Waals surface area (Å²) in [4.78, 5) is 26.5. The van der Waals surface area contributed by atoms with Gasteiger partial charge in [-0.2, -0.15) is 0 Å². The summed E-state index contributed by atoms with van der Waals surface area (Å²) in [5.74, 6) is 0.283. The first-order valence-corrected chi connectivity index (χ1v) is 10.8. The van der Waals surface area contributed by atoms with E-state index >= 15 is 0 Å². The fourth-order valence-electron chi connectivity index (χ4n) is 4.11. The van der Waals surface area contributed by atoms with E-state index in [2.05, 4.69) is 21.6 Å². The molecule has 8 nitrogen and oxygen atoms in total. The number of methoxy groups -OCH3 is 1. The average molecular weight is 432 g/mol. The van der Waals surface area contributed by atoms with Crippen molar-refractivity contribution in [1.29, 1.82) is 0 Å². The van der Waals surface area contributed by atoms with Crippen LogP contribution in [0.25, 0.3) is 0 Å².